The van der Waals surface area contributed by atoms with Crippen LogP contribution in [0.15, 0.2) is 40.9 Å². The van der Waals surface area contributed by atoms with Crippen LogP contribution in [0.4, 0.5) is 0 Å². The lowest BCUT2D eigenvalue weighted by molar-refractivity contribution is -0.131. The van der Waals surface area contributed by atoms with E-state index in [0.29, 0.717) is 31.2 Å². The molecule has 8 nitrogen and oxygen atoms in total. The molecule has 1 saturated carbocycles. The quantitative estimate of drug-likeness (QED) is 0.692. The number of rotatable bonds is 7. The first-order valence-electron chi connectivity index (χ1n) is 11.5. The normalized spacial score (nSPS) is 17.3. The summed E-state index contributed by atoms with van der Waals surface area (Å²) in [6, 6.07) is 11.1. The van der Waals surface area contributed by atoms with Gasteiger partial charge in [0, 0.05) is 37.2 Å². The number of hydrogen-bond donors (Lipinski definition) is 2. The van der Waals surface area contributed by atoms with Gasteiger partial charge in [0.05, 0.1) is 6.54 Å². The molecule has 3 amide bonds. The van der Waals surface area contributed by atoms with Gasteiger partial charge in [-0.2, -0.15) is 0 Å². The van der Waals surface area contributed by atoms with Crippen LogP contribution in [0.25, 0.3) is 11.3 Å². The topological polar surface area (TPSA) is 105 Å². The van der Waals surface area contributed by atoms with Gasteiger partial charge in [-0.3, -0.25) is 14.4 Å². The summed E-state index contributed by atoms with van der Waals surface area (Å²) in [6.07, 6.45) is 6.89. The van der Waals surface area contributed by atoms with Crippen LogP contribution in [0, 0.1) is 5.92 Å². The molecule has 1 saturated heterocycles. The maximum Gasteiger partial charge on any atom is 0.273 e. The Labute approximate surface area is 187 Å². The maximum atomic E-state index is 12.5. The summed E-state index contributed by atoms with van der Waals surface area (Å²) in [5.74, 6) is 0.587. The molecule has 1 aromatic carbocycles. The van der Waals surface area contributed by atoms with E-state index in [9.17, 15) is 14.4 Å². The van der Waals surface area contributed by atoms with Gasteiger partial charge >= 0.3 is 0 Å². The van der Waals surface area contributed by atoms with Crippen molar-refractivity contribution < 1.29 is 18.9 Å². The Morgan fingerprint density at radius 2 is 1.75 bits per heavy atom. The second-order valence-corrected chi connectivity index (χ2v) is 8.70. The van der Waals surface area contributed by atoms with Gasteiger partial charge in [0.2, 0.25) is 11.8 Å². The Balaban J connectivity index is 1.18. The van der Waals surface area contributed by atoms with E-state index in [0.717, 1.165) is 31.2 Å². The zero-order valence-electron chi connectivity index (χ0n) is 18.2. The Morgan fingerprint density at radius 1 is 1.03 bits per heavy atom. The van der Waals surface area contributed by atoms with Gasteiger partial charge in [0.1, 0.15) is 0 Å². The lowest BCUT2D eigenvalue weighted by atomic mass is 10.0. The first kappa shape index (κ1) is 22.0. The smallest absolute Gasteiger partial charge is 0.273 e. The van der Waals surface area contributed by atoms with Crippen molar-refractivity contribution in [2.75, 3.05) is 19.6 Å². The third-order valence-electron chi connectivity index (χ3n) is 6.36. The van der Waals surface area contributed by atoms with Crippen LogP contribution in [0.3, 0.4) is 0 Å². The van der Waals surface area contributed by atoms with E-state index in [4.69, 9.17) is 4.52 Å². The van der Waals surface area contributed by atoms with Gasteiger partial charge in [0.25, 0.3) is 5.91 Å². The fourth-order valence-corrected chi connectivity index (χ4v) is 4.52. The third kappa shape index (κ3) is 5.75. The van der Waals surface area contributed by atoms with Crippen molar-refractivity contribution in [2.45, 2.75) is 51.0 Å². The molecular formula is C24H30N4O4. The number of hydrogen-bond acceptors (Lipinski definition) is 5. The average Bonchev–Trinajstić information content (AvgIpc) is 3.51. The first-order valence-corrected chi connectivity index (χ1v) is 11.5. The number of aromatic nitrogens is 1. The molecule has 4 rings (SSSR count). The predicted octanol–water partition coefficient (Wildman–Crippen LogP) is 2.76. The summed E-state index contributed by atoms with van der Waals surface area (Å²) in [5, 5.41) is 9.55. The van der Waals surface area contributed by atoms with E-state index in [1.54, 1.807) is 11.0 Å². The van der Waals surface area contributed by atoms with Crippen molar-refractivity contribution in [3.05, 3.63) is 42.1 Å². The van der Waals surface area contributed by atoms with Crippen LogP contribution >= 0.6 is 0 Å². The molecule has 0 unspecified atom stereocenters. The first-order chi connectivity index (χ1) is 15.6. The molecule has 0 bridgehead atoms. The van der Waals surface area contributed by atoms with Crippen LogP contribution < -0.4 is 10.6 Å². The molecule has 32 heavy (non-hydrogen) atoms. The van der Waals surface area contributed by atoms with Crippen LogP contribution in [-0.4, -0.2) is 53.5 Å². The highest BCUT2D eigenvalue weighted by atomic mass is 16.5. The summed E-state index contributed by atoms with van der Waals surface area (Å²) in [7, 11) is 0. The minimum atomic E-state index is -0.446. The van der Waals surface area contributed by atoms with Crippen molar-refractivity contribution in [3.8, 4) is 11.3 Å². The second kappa shape index (κ2) is 10.4. The van der Waals surface area contributed by atoms with Crippen molar-refractivity contribution >= 4 is 17.7 Å². The summed E-state index contributed by atoms with van der Waals surface area (Å²) in [5.41, 5.74) is 0.966. The molecule has 8 heteroatoms. The van der Waals surface area contributed by atoms with E-state index < -0.39 is 5.91 Å². The molecule has 170 valence electrons. The van der Waals surface area contributed by atoms with Gasteiger partial charge in [-0.25, -0.2) is 0 Å². The highest BCUT2D eigenvalue weighted by Gasteiger charge is 2.26. The van der Waals surface area contributed by atoms with E-state index in [-0.39, 0.29) is 30.1 Å². The molecule has 0 atom stereocenters. The molecule has 2 heterocycles. The minimum absolute atomic E-state index is 0.0922. The van der Waals surface area contributed by atoms with Crippen molar-refractivity contribution in [3.63, 3.8) is 0 Å². The van der Waals surface area contributed by atoms with Gasteiger partial charge in [-0.15, -0.1) is 0 Å². The highest BCUT2D eigenvalue weighted by Crippen LogP contribution is 2.27. The van der Waals surface area contributed by atoms with Crippen LogP contribution in [0.2, 0.25) is 0 Å². The number of carbonyl (C=O) groups excluding carboxylic acids is 3. The fourth-order valence-electron chi connectivity index (χ4n) is 4.52. The zero-order chi connectivity index (χ0) is 22.3. The molecule has 2 aliphatic rings. The number of nitrogens with one attached hydrogen (secondary N) is 2. The van der Waals surface area contributed by atoms with Crippen molar-refractivity contribution in [2.24, 2.45) is 5.92 Å². The Bertz CT molecular complexity index is 928. The highest BCUT2D eigenvalue weighted by molar-refractivity contribution is 5.95. The summed E-state index contributed by atoms with van der Waals surface area (Å²) >= 11 is 0. The molecule has 2 N–H and O–H groups in total. The Morgan fingerprint density at radius 3 is 2.47 bits per heavy atom. The van der Waals surface area contributed by atoms with Gasteiger partial charge < -0.3 is 20.1 Å². The molecular weight excluding hydrogens is 408 g/mol. The number of likely N-dealkylation sites (tertiary alicyclic amines) is 1. The number of amides is 3. The van der Waals surface area contributed by atoms with Gasteiger partial charge in [-0.1, -0.05) is 48.3 Å². The zero-order valence-corrected chi connectivity index (χ0v) is 18.2. The summed E-state index contributed by atoms with van der Waals surface area (Å²) in [4.78, 5) is 38.8. The number of nitrogens with zero attached hydrogens (tertiary/aromatic N) is 2. The fraction of sp³-hybridized carbons (Fsp3) is 0.500. The Kier molecular flexibility index (Phi) is 7.19. The standard InChI is InChI=1S/C24H30N4O4/c29-22(14-17-6-4-5-7-17)26-19-10-12-28(13-11-19)23(30)16-25-24(31)20-15-21(32-27-20)18-8-2-1-3-9-18/h1-3,8-9,15,17,19H,4-7,10-14,16H2,(H,25,31)(H,26,29). The van der Waals surface area contributed by atoms with Crippen molar-refractivity contribution in [1.29, 1.82) is 0 Å². The van der Waals surface area contributed by atoms with E-state index in [1.807, 2.05) is 30.3 Å². The minimum Gasteiger partial charge on any atom is -0.355 e. The van der Waals surface area contributed by atoms with E-state index >= 15 is 0 Å². The summed E-state index contributed by atoms with van der Waals surface area (Å²) < 4.78 is 5.24. The second-order valence-electron chi connectivity index (χ2n) is 8.70. The average molecular weight is 439 g/mol. The van der Waals surface area contributed by atoms with E-state index in [1.165, 1.54) is 12.8 Å². The monoisotopic (exact) mass is 438 g/mol. The summed E-state index contributed by atoms with van der Waals surface area (Å²) in [6.45, 7) is 1.06. The predicted molar refractivity (Wildman–Crippen MR) is 119 cm³/mol. The van der Waals surface area contributed by atoms with E-state index in [2.05, 4.69) is 15.8 Å². The van der Waals surface area contributed by atoms with Gasteiger partial charge in [-0.05, 0) is 31.6 Å². The molecule has 1 aromatic heterocycles. The third-order valence-corrected chi connectivity index (χ3v) is 6.36. The number of carbonyl (C=O) groups is 3. The van der Waals surface area contributed by atoms with Crippen LogP contribution in [0.5, 0.6) is 0 Å². The van der Waals surface area contributed by atoms with Crippen LogP contribution in [0.1, 0.15) is 55.4 Å². The lowest BCUT2D eigenvalue weighted by Gasteiger charge is -2.32. The molecule has 1 aliphatic carbocycles. The molecule has 1 aliphatic heterocycles. The Hall–Kier alpha value is -3.16. The maximum absolute atomic E-state index is 12.5. The van der Waals surface area contributed by atoms with Crippen LogP contribution in [-0.2, 0) is 9.59 Å². The molecule has 0 spiro atoms. The molecule has 2 aromatic rings. The number of piperidine rings is 1. The lowest BCUT2D eigenvalue weighted by Crippen LogP contribution is -2.49. The molecule has 0 radical (unpaired) electrons. The van der Waals surface area contributed by atoms with Crippen molar-refractivity contribution in [1.82, 2.24) is 20.7 Å². The van der Waals surface area contributed by atoms with Gasteiger partial charge in [0.15, 0.2) is 11.5 Å². The SMILES string of the molecule is O=C(CC1CCCC1)NC1CCN(C(=O)CNC(=O)c2cc(-c3ccccc3)on2)CC1. The largest absolute Gasteiger partial charge is 0.355 e. The number of benzene rings is 1. The molecule has 2 fully saturated rings.